The third kappa shape index (κ3) is 3.09. The molecule has 2 aromatic rings. The molecule has 0 saturated heterocycles. The predicted molar refractivity (Wildman–Crippen MR) is 70.5 cm³/mol. The first kappa shape index (κ1) is 12.6. The van der Waals surface area contributed by atoms with Gasteiger partial charge in [-0.2, -0.15) is 0 Å². The van der Waals surface area contributed by atoms with Crippen LogP contribution in [0.1, 0.15) is 43.2 Å². The average molecular weight is 246 g/mol. The summed E-state index contributed by atoms with van der Waals surface area (Å²) in [4.78, 5) is 18.9. The Labute approximate surface area is 106 Å². The van der Waals surface area contributed by atoms with Crippen molar-refractivity contribution in [3.05, 3.63) is 30.1 Å². The number of carbonyl (C=O) groups excluding carboxylic acids is 1. The Morgan fingerprint density at radius 2 is 2.11 bits per heavy atom. The molecule has 0 aliphatic carbocycles. The van der Waals surface area contributed by atoms with Crippen LogP contribution < -0.4 is 0 Å². The Bertz CT molecular complexity index is 486. The molecule has 0 radical (unpaired) electrons. The van der Waals surface area contributed by atoms with Crippen LogP contribution in [0.3, 0.4) is 0 Å². The topological polar surface area (TPSA) is 55.0 Å². The van der Waals surface area contributed by atoms with Crippen LogP contribution in [0.4, 0.5) is 0 Å². The molecule has 0 spiro atoms. The number of imidazole rings is 1. The van der Waals surface area contributed by atoms with Gasteiger partial charge in [0.15, 0.2) is 0 Å². The Hall–Kier alpha value is -1.84. The van der Waals surface area contributed by atoms with Gasteiger partial charge in [-0.15, -0.1) is 0 Å². The number of para-hydroxylation sites is 2. The second-order valence-electron chi connectivity index (χ2n) is 4.30. The van der Waals surface area contributed by atoms with Crippen LogP contribution in [-0.2, 0) is 4.74 Å². The van der Waals surface area contributed by atoms with Gasteiger partial charge in [-0.1, -0.05) is 38.3 Å². The Kier molecular flexibility index (Phi) is 4.34. The molecule has 96 valence electrons. The van der Waals surface area contributed by atoms with E-state index in [1.807, 2.05) is 24.3 Å². The lowest BCUT2D eigenvalue weighted by Crippen LogP contribution is -2.08. The van der Waals surface area contributed by atoms with Crippen molar-refractivity contribution in [2.75, 3.05) is 6.61 Å². The van der Waals surface area contributed by atoms with Gasteiger partial charge in [0.05, 0.1) is 17.6 Å². The lowest BCUT2D eigenvalue weighted by Gasteiger charge is -2.01. The van der Waals surface area contributed by atoms with E-state index in [0.717, 1.165) is 23.9 Å². The molecule has 0 bridgehead atoms. The van der Waals surface area contributed by atoms with Crippen LogP contribution in [0.5, 0.6) is 0 Å². The van der Waals surface area contributed by atoms with E-state index >= 15 is 0 Å². The van der Waals surface area contributed by atoms with E-state index in [0.29, 0.717) is 6.61 Å². The van der Waals surface area contributed by atoms with E-state index in [1.54, 1.807) is 0 Å². The smallest absolute Gasteiger partial charge is 0.374 e. The first-order valence-corrected chi connectivity index (χ1v) is 6.43. The van der Waals surface area contributed by atoms with Crippen LogP contribution in [0.25, 0.3) is 11.0 Å². The number of benzene rings is 1. The summed E-state index contributed by atoms with van der Waals surface area (Å²) in [5, 5.41) is 0. The minimum absolute atomic E-state index is 0.284. The zero-order chi connectivity index (χ0) is 12.8. The standard InChI is InChI=1S/C14H18N2O2/c1-2-3-4-7-10-18-14(17)13-15-11-8-5-6-9-12(11)16-13/h5-6,8-9H,2-4,7,10H2,1H3,(H,15,16). The number of aromatic nitrogens is 2. The second-order valence-corrected chi connectivity index (χ2v) is 4.30. The van der Waals surface area contributed by atoms with Gasteiger partial charge in [-0.3, -0.25) is 0 Å². The van der Waals surface area contributed by atoms with Crippen molar-refractivity contribution in [1.82, 2.24) is 9.97 Å². The highest BCUT2D eigenvalue weighted by molar-refractivity contribution is 5.90. The number of H-pyrrole nitrogens is 1. The van der Waals surface area contributed by atoms with E-state index in [9.17, 15) is 4.79 Å². The molecule has 1 aromatic carbocycles. The molecule has 4 heteroatoms. The number of nitrogens with one attached hydrogen (secondary N) is 1. The number of fused-ring (bicyclic) bond motifs is 1. The minimum atomic E-state index is -0.373. The molecule has 0 saturated carbocycles. The van der Waals surface area contributed by atoms with E-state index in [2.05, 4.69) is 16.9 Å². The molecular formula is C14H18N2O2. The summed E-state index contributed by atoms with van der Waals surface area (Å²) >= 11 is 0. The van der Waals surface area contributed by atoms with Crippen LogP contribution in [0.2, 0.25) is 0 Å². The van der Waals surface area contributed by atoms with E-state index in [-0.39, 0.29) is 11.8 Å². The van der Waals surface area contributed by atoms with Crippen LogP contribution in [-0.4, -0.2) is 22.5 Å². The number of ether oxygens (including phenoxy) is 1. The SMILES string of the molecule is CCCCCCOC(=O)c1nc2ccccc2[nH]1. The lowest BCUT2D eigenvalue weighted by molar-refractivity contribution is 0.0485. The summed E-state index contributed by atoms with van der Waals surface area (Å²) in [6.45, 7) is 2.62. The fraction of sp³-hybridized carbons (Fsp3) is 0.429. The third-order valence-electron chi connectivity index (χ3n) is 2.81. The Balaban J connectivity index is 1.88. The molecule has 1 N–H and O–H groups in total. The number of hydrogen-bond donors (Lipinski definition) is 1. The molecule has 0 fully saturated rings. The van der Waals surface area contributed by atoms with E-state index in [1.165, 1.54) is 12.8 Å². The zero-order valence-corrected chi connectivity index (χ0v) is 10.6. The highest BCUT2D eigenvalue weighted by atomic mass is 16.5. The minimum Gasteiger partial charge on any atom is -0.460 e. The Morgan fingerprint density at radius 3 is 2.89 bits per heavy atom. The molecule has 0 unspecified atom stereocenters. The molecule has 1 heterocycles. The summed E-state index contributed by atoms with van der Waals surface area (Å²) in [6, 6.07) is 7.55. The maximum atomic E-state index is 11.7. The van der Waals surface area contributed by atoms with Crippen molar-refractivity contribution in [2.45, 2.75) is 32.6 Å². The molecular weight excluding hydrogens is 228 g/mol. The molecule has 1 aromatic heterocycles. The normalized spacial score (nSPS) is 10.7. The largest absolute Gasteiger partial charge is 0.460 e. The van der Waals surface area contributed by atoms with Crippen molar-refractivity contribution < 1.29 is 9.53 Å². The highest BCUT2D eigenvalue weighted by Crippen LogP contribution is 2.11. The van der Waals surface area contributed by atoms with Gasteiger partial charge in [-0.25, -0.2) is 9.78 Å². The molecule has 0 aliphatic heterocycles. The molecule has 0 aliphatic rings. The van der Waals surface area contributed by atoms with Crippen molar-refractivity contribution in [3.63, 3.8) is 0 Å². The summed E-state index contributed by atoms with van der Waals surface area (Å²) in [6.07, 6.45) is 4.38. The van der Waals surface area contributed by atoms with Gasteiger partial charge < -0.3 is 9.72 Å². The van der Waals surface area contributed by atoms with Crippen molar-refractivity contribution in [1.29, 1.82) is 0 Å². The molecule has 0 atom stereocenters. The fourth-order valence-corrected chi connectivity index (χ4v) is 1.81. The van der Waals surface area contributed by atoms with Crippen LogP contribution >= 0.6 is 0 Å². The van der Waals surface area contributed by atoms with E-state index < -0.39 is 0 Å². The third-order valence-corrected chi connectivity index (χ3v) is 2.81. The van der Waals surface area contributed by atoms with Gasteiger partial charge >= 0.3 is 5.97 Å². The van der Waals surface area contributed by atoms with Crippen molar-refractivity contribution in [3.8, 4) is 0 Å². The lowest BCUT2D eigenvalue weighted by atomic mass is 10.2. The number of aromatic amines is 1. The van der Waals surface area contributed by atoms with Gasteiger partial charge in [0.1, 0.15) is 0 Å². The van der Waals surface area contributed by atoms with Gasteiger partial charge in [0.25, 0.3) is 0 Å². The number of rotatable bonds is 6. The van der Waals surface area contributed by atoms with Gasteiger partial charge in [0, 0.05) is 0 Å². The first-order chi connectivity index (χ1) is 8.81. The number of unbranched alkanes of at least 4 members (excludes halogenated alkanes) is 3. The van der Waals surface area contributed by atoms with Crippen molar-refractivity contribution >= 4 is 17.0 Å². The molecule has 4 nitrogen and oxygen atoms in total. The van der Waals surface area contributed by atoms with Crippen LogP contribution in [0, 0.1) is 0 Å². The highest BCUT2D eigenvalue weighted by Gasteiger charge is 2.12. The summed E-state index contributed by atoms with van der Waals surface area (Å²) in [7, 11) is 0. The van der Waals surface area contributed by atoms with Gasteiger partial charge in [0.2, 0.25) is 5.82 Å². The fourth-order valence-electron chi connectivity index (χ4n) is 1.81. The van der Waals surface area contributed by atoms with Crippen LogP contribution in [0.15, 0.2) is 24.3 Å². The predicted octanol–water partition coefficient (Wildman–Crippen LogP) is 3.30. The Morgan fingerprint density at radius 1 is 1.28 bits per heavy atom. The van der Waals surface area contributed by atoms with Crippen molar-refractivity contribution in [2.24, 2.45) is 0 Å². The molecule has 0 amide bonds. The quantitative estimate of drug-likeness (QED) is 0.628. The van der Waals surface area contributed by atoms with Gasteiger partial charge in [-0.05, 0) is 18.6 Å². The number of carbonyl (C=O) groups is 1. The maximum absolute atomic E-state index is 11.7. The first-order valence-electron chi connectivity index (χ1n) is 6.43. The number of hydrogen-bond acceptors (Lipinski definition) is 3. The van der Waals surface area contributed by atoms with E-state index in [4.69, 9.17) is 4.74 Å². The molecule has 2 rings (SSSR count). The summed E-state index contributed by atoms with van der Waals surface area (Å²) in [5.41, 5.74) is 1.64. The number of esters is 1. The summed E-state index contributed by atoms with van der Waals surface area (Å²) < 4.78 is 5.17. The average Bonchev–Trinajstić information content (AvgIpc) is 2.82. The summed E-state index contributed by atoms with van der Waals surface area (Å²) in [5.74, 6) is -0.0885. The monoisotopic (exact) mass is 246 g/mol. The number of nitrogens with zero attached hydrogens (tertiary/aromatic N) is 1. The second kappa shape index (κ2) is 6.19. The molecule has 18 heavy (non-hydrogen) atoms. The zero-order valence-electron chi connectivity index (χ0n) is 10.6. The maximum Gasteiger partial charge on any atom is 0.374 e.